The molecule has 0 fully saturated rings. The second-order valence-corrected chi connectivity index (χ2v) is 6.32. The molecule has 0 spiro atoms. The Labute approximate surface area is 159 Å². The summed E-state index contributed by atoms with van der Waals surface area (Å²) in [5, 5.41) is 2.74. The molecule has 8 heteroatoms. The third-order valence-electron chi connectivity index (χ3n) is 4.33. The average molecular weight is 381 g/mol. The number of amides is 1. The Morgan fingerprint density at radius 1 is 1.18 bits per heavy atom. The van der Waals surface area contributed by atoms with Crippen molar-refractivity contribution in [1.82, 2.24) is 15.3 Å². The van der Waals surface area contributed by atoms with Crippen LogP contribution in [0.5, 0.6) is 11.5 Å². The van der Waals surface area contributed by atoms with Crippen molar-refractivity contribution in [3.05, 3.63) is 75.6 Å². The molecule has 7 nitrogen and oxygen atoms in total. The highest BCUT2D eigenvalue weighted by Crippen LogP contribution is 2.32. The molecule has 0 unspecified atom stereocenters. The number of aromatic nitrogens is 2. The lowest BCUT2D eigenvalue weighted by Gasteiger charge is -2.08. The second kappa shape index (κ2) is 7.15. The van der Waals surface area contributed by atoms with Gasteiger partial charge < -0.3 is 19.8 Å². The van der Waals surface area contributed by atoms with Crippen LogP contribution in [0.2, 0.25) is 0 Å². The van der Waals surface area contributed by atoms with Crippen molar-refractivity contribution >= 4 is 5.91 Å². The third-order valence-corrected chi connectivity index (χ3v) is 4.33. The number of aromatic amines is 1. The first-order valence-corrected chi connectivity index (χ1v) is 8.54. The fourth-order valence-corrected chi connectivity index (χ4v) is 2.86. The maximum atomic E-state index is 13.5. The van der Waals surface area contributed by atoms with Gasteiger partial charge in [0.2, 0.25) is 6.79 Å². The van der Waals surface area contributed by atoms with Gasteiger partial charge in [0, 0.05) is 12.1 Å². The highest BCUT2D eigenvalue weighted by Gasteiger charge is 2.15. The molecule has 0 saturated heterocycles. The van der Waals surface area contributed by atoms with Crippen molar-refractivity contribution in [2.45, 2.75) is 13.5 Å². The molecule has 1 aliphatic rings. The maximum Gasteiger partial charge on any atom is 0.346 e. The zero-order valence-corrected chi connectivity index (χ0v) is 14.9. The number of hydrogen-bond donors (Lipinski definition) is 2. The van der Waals surface area contributed by atoms with Gasteiger partial charge in [0.1, 0.15) is 11.5 Å². The van der Waals surface area contributed by atoms with Gasteiger partial charge in [-0.05, 0) is 54.4 Å². The Morgan fingerprint density at radius 2 is 2.00 bits per heavy atom. The first-order chi connectivity index (χ1) is 13.5. The number of halogens is 1. The smallest absolute Gasteiger partial charge is 0.346 e. The van der Waals surface area contributed by atoms with E-state index in [1.165, 1.54) is 18.2 Å². The van der Waals surface area contributed by atoms with Crippen LogP contribution in [0.25, 0.3) is 11.3 Å². The van der Waals surface area contributed by atoms with Gasteiger partial charge in [-0.3, -0.25) is 4.79 Å². The largest absolute Gasteiger partial charge is 0.454 e. The van der Waals surface area contributed by atoms with Crippen LogP contribution in [-0.4, -0.2) is 22.7 Å². The van der Waals surface area contributed by atoms with Crippen molar-refractivity contribution in [1.29, 1.82) is 0 Å². The standard InChI is InChI=1S/C20H16FN3O4/c1-11-6-13(3-4-14(11)21)15-8-16(24-20(26)23-15)19(25)22-9-12-2-5-17-18(7-12)28-10-27-17/h2-8H,9-10H2,1H3,(H,22,25)(H,23,24,26). The number of H-pyrrole nitrogens is 1. The lowest BCUT2D eigenvalue weighted by molar-refractivity contribution is 0.0945. The summed E-state index contributed by atoms with van der Waals surface area (Å²) in [6, 6.07) is 11.2. The van der Waals surface area contributed by atoms with Gasteiger partial charge in [0.05, 0.1) is 5.69 Å². The van der Waals surface area contributed by atoms with E-state index in [9.17, 15) is 14.0 Å². The summed E-state index contributed by atoms with van der Waals surface area (Å²) >= 11 is 0. The summed E-state index contributed by atoms with van der Waals surface area (Å²) in [5.74, 6) is 0.471. The molecule has 1 aromatic heterocycles. The number of aryl methyl sites for hydroxylation is 1. The third kappa shape index (κ3) is 3.57. The van der Waals surface area contributed by atoms with E-state index >= 15 is 0 Å². The number of nitrogens with one attached hydrogen (secondary N) is 2. The summed E-state index contributed by atoms with van der Waals surface area (Å²) < 4.78 is 24.0. The summed E-state index contributed by atoms with van der Waals surface area (Å²) in [6.07, 6.45) is 0. The van der Waals surface area contributed by atoms with Crippen LogP contribution in [-0.2, 0) is 6.54 Å². The molecule has 0 atom stereocenters. The number of rotatable bonds is 4. The highest BCUT2D eigenvalue weighted by molar-refractivity contribution is 5.93. The topological polar surface area (TPSA) is 93.3 Å². The van der Waals surface area contributed by atoms with E-state index in [-0.39, 0.29) is 24.8 Å². The molecule has 3 aromatic rings. The fourth-order valence-electron chi connectivity index (χ4n) is 2.86. The molecule has 0 aliphatic carbocycles. The molecule has 1 amide bonds. The molecule has 2 heterocycles. The van der Waals surface area contributed by atoms with E-state index in [1.807, 2.05) is 6.07 Å². The van der Waals surface area contributed by atoms with Crippen LogP contribution >= 0.6 is 0 Å². The molecule has 28 heavy (non-hydrogen) atoms. The van der Waals surface area contributed by atoms with E-state index in [0.29, 0.717) is 28.3 Å². The van der Waals surface area contributed by atoms with Gasteiger partial charge in [-0.15, -0.1) is 0 Å². The van der Waals surface area contributed by atoms with Crippen LogP contribution in [0.3, 0.4) is 0 Å². The lowest BCUT2D eigenvalue weighted by Crippen LogP contribution is -2.27. The van der Waals surface area contributed by atoms with Crippen LogP contribution in [0, 0.1) is 12.7 Å². The molecule has 1 aliphatic heterocycles. The van der Waals surface area contributed by atoms with Crippen molar-refractivity contribution < 1.29 is 18.7 Å². The SMILES string of the molecule is Cc1cc(-c2cc(C(=O)NCc3ccc4c(c3)OCO4)[nH]c(=O)n2)ccc1F. The zero-order valence-electron chi connectivity index (χ0n) is 14.9. The van der Waals surface area contributed by atoms with Crippen molar-refractivity contribution in [3.8, 4) is 22.8 Å². The molecule has 0 saturated carbocycles. The van der Waals surface area contributed by atoms with Crippen LogP contribution in [0.15, 0.2) is 47.3 Å². The predicted molar refractivity (Wildman–Crippen MR) is 98.7 cm³/mol. The van der Waals surface area contributed by atoms with Gasteiger partial charge in [-0.2, -0.15) is 4.98 Å². The Hall–Kier alpha value is -3.68. The first kappa shape index (κ1) is 17.7. The Kier molecular flexibility index (Phi) is 4.52. The van der Waals surface area contributed by atoms with E-state index in [1.54, 1.807) is 25.1 Å². The second-order valence-electron chi connectivity index (χ2n) is 6.32. The molecule has 0 radical (unpaired) electrons. The van der Waals surface area contributed by atoms with E-state index in [2.05, 4.69) is 15.3 Å². The maximum absolute atomic E-state index is 13.5. The summed E-state index contributed by atoms with van der Waals surface area (Å²) in [6.45, 7) is 2.03. The number of carbonyl (C=O) groups is 1. The van der Waals surface area contributed by atoms with E-state index in [0.717, 1.165) is 5.56 Å². The monoisotopic (exact) mass is 381 g/mol. The van der Waals surface area contributed by atoms with Gasteiger partial charge in [-0.1, -0.05) is 6.07 Å². The van der Waals surface area contributed by atoms with Crippen LogP contribution in [0.4, 0.5) is 4.39 Å². The molecule has 2 aromatic carbocycles. The van der Waals surface area contributed by atoms with Crippen molar-refractivity contribution in [2.75, 3.05) is 6.79 Å². The normalized spacial score (nSPS) is 12.1. The van der Waals surface area contributed by atoms with Gasteiger partial charge >= 0.3 is 5.69 Å². The Balaban J connectivity index is 1.53. The number of nitrogens with zero attached hydrogens (tertiary/aromatic N) is 1. The molecule has 2 N–H and O–H groups in total. The highest BCUT2D eigenvalue weighted by atomic mass is 19.1. The van der Waals surface area contributed by atoms with Crippen molar-refractivity contribution in [3.63, 3.8) is 0 Å². The van der Waals surface area contributed by atoms with Crippen LogP contribution < -0.4 is 20.5 Å². The van der Waals surface area contributed by atoms with Crippen LogP contribution in [0.1, 0.15) is 21.6 Å². The summed E-state index contributed by atoms with van der Waals surface area (Å²) in [7, 11) is 0. The number of carbonyl (C=O) groups excluding carboxylic acids is 1. The zero-order chi connectivity index (χ0) is 19.7. The molecular weight excluding hydrogens is 365 g/mol. The molecule has 4 rings (SSSR count). The number of fused-ring (bicyclic) bond motifs is 1. The minimum Gasteiger partial charge on any atom is -0.454 e. The minimum atomic E-state index is -0.660. The van der Waals surface area contributed by atoms with Gasteiger partial charge in [-0.25, -0.2) is 9.18 Å². The summed E-state index contributed by atoms with van der Waals surface area (Å²) in [5.41, 5.74) is 1.50. The average Bonchev–Trinajstić information content (AvgIpc) is 3.15. The fraction of sp³-hybridized carbons (Fsp3) is 0.150. The van der Waals surface area contributed by atoms with Crippen molar-refractivity contribution in [2.24, 2.45) is 0 Å². The summed E-state index contributed by atoms with van der Waals surface area (Å²) in [4.78, 5) is 30.7. The molecule has 0 bridgehead atoms. The minimum absolute atomic E-state index is 0.0673. The first-order valence-electron chi connectivity index (χ1n) is 8.54. The number of hydrogen-bond acceptors (Lipinski definition) is 5. The number of ether oxygens (including phenoxy) is 2. The Morgan fingerprint density at radius 3 is 2.82 bits per heavy atom. The van der Waals surface area contributed by atoms with Gasteiger partial charge in [0.25, 0.3) is 5.91 Å². The molecular formula is C20H16FN3O4. The number of benzene rings is 2. The van der Waals surface area contributed by atoms with Gasteiger partial charge in [0.15, 0.2) is 11.5 Å². The Bertz CT molecular complexity index is 1130. The molecule has 142 valence electrons. The predicted octanol–water partition coefficient (Wildman–Crippen LogP) is 2.54. The quantitative estimate of drug-likeness (QED) is 0.724. The van der Waals surface area contributed by atoms with E-state index in [4.69, 9.17) is 9.47 Å². The lowest BCUT2D eigenvalue weighted by atomic mass is 10.1. The van der Waals surface area contributed by atoms with E-state index < -0.39 is 11.6 Å².